The number of methoxy groups -OCH3 is 1. The first kappa shape index (κ1) is 24.7. The summed E-state index contributed by atoms with van der Waals surface area (Å²) in [6.07, 6.45) is 0.0352. The molecule has 0 aliphatic heterocycles. The Kier molecular flexibility index (Phi) is 8.47. The molecule has 31 heavy (non-hydrogen) atoms. The van der Waals surface area contributed by atoms with Crippen LogP contribution in [-0.4, -0.2) is 34.6 Å². The van der Waals surface area contributed by atoms with E-state index >= 15 is 0 Å². The molecule has 2 aromatic carbocycles. The smallest absolute Gasteiger partial charge is 0.240 e. The van der Waals surface area contributed by atoms with E-state index in [4.69, 9.17) is 9.47 Å². The van der Waals surface area contributed by atoms with Crippen LogP contribution >= 0.6 is 0 Å². The van der Waals surface area contributed by atoms with Gasteiger partial charge >= 0.3 is 0 Å². The topological polar surface area (TPSA) is 93.7 Å². The highest BCUT2D eigenvalue weighted by molar-refractivity contribution is 7.89. The molecule has 7 nitrogen and oxygen atoms in total. The summed E-state index contributed by atoms with van der Waals surface area (Å²) < 4.78 is 38.1. The second kappa shape index (κ2) is 10.6. The molecule has 8 heteroatoms. The molecule has 0 atom stereocenters. The number of hydrogen-bond acceptors (Lipinski definition) is 5. The standard InChI is InChI=1S/C23H32N2O5S/c1-6-30-20-12-7-17(15-21(20)29-5)16-24-22(26)13-14-25-31(27,28)19-10-8-18(9-11-19)23(2,3)4/h7-12,15,25H,6,13-14,16H2,1-5H3,(H,24,26). The molecule has 0 saturated carbocycles. The first-order valence-corrected chi connectivity index (χ1v) is 11.7. The molecule has 0 fully saturated rings. The third kappa shape index (κ3) is 7.25. The van der Waals surface area contributed by atoms with E-state index in [-0.39, 0.29) is 29.2 Å². The lowest BCUT2D eigenvalue weighted by molar-refractivity contribution is -0.121. The van der Waals surface area contributed by atoms with Crippen LogP contribution in [0.25, 0.3) is 0 Å². The van der Waals surface area contributed by atoms with Crippen LogP contribution in [0.3, 0.4) is 0 Å². The third-order valence-electron chi connectivity index (χ3n) is 4.69. The summed E-state index contributed by atoms with van der Waals surface area (Å²) in [5.74, 6) is 0.988. The molecule has 0 radical (unpaired) electrons. The van der Waals surface area contributed by atoms with Gasteiger partial charge in [0.25, 0.3) is 0 Å². The molecule has 2 rings (SSSR count). The van der Waals surface area contributed by atoms with E-state index in [1.165, 1.54) is 0 Å². The molecule has 0 unspecified atom stereocenters. The van der Waals surface area contributed by atoms with Gasteiger partial charge in [0.15, 0.2) is 11.5 Å². The van der Waals surface area contributed by atoms with E-state index < -0.39 is 10.0 Å². The van der Waals surface area contributed by atoms with Gasteiger partial charge in [-0.3, -0.25) is 4.79 Å². The van der Waals surface area contributed by atoms with Gasteiger partial charge in [-0.1, -0.05) is 39.0 Å². The Morgan fingerprint density at radius 3 is 2.29 bits per heavy atom. The summed E-state index contributed by atoms with van der Waals surface area (Å²) >= 11 is 0. The zero-order valence-electron chi connectivity index (χ0n) is 18.8. The lowest BCUT2D eigenvalue weighted by atomic mass is 9.87. The van der Waals surface area contributed by atoms with E-state index in [1.807, 2.05) is 25.1 Å². The van der Waals surface area contributed by atoms with Crippen LogP contribution < -0.4 is 19.5 Å². The Hall–Kier alpha value is -2.58. The maximum atomic E-state index is 12.4. The van der Waals surface area contributed by atoms with Gasteiger partial charge in [-0.15, -0.1) is 0 Å². The number of sulfonamides is 1. The molecular formula is C23H32N2O5S. The van der Waals surface area contributed by atoms with Crippen molar-refractivity contribution in [3.8, 4) is 11.5 Å². The summed E-state index contributed by atoms with van der Waals surface area (Å²) in [6.45, 7) is 8.95. The summed E-state index contributed by atoms with van der Waals surface area (Å²) in [5.41, 5.74) is 1.85. The van der Waals surface area contributed by atoms with Gasteiger partial charge in [-0.05, 0) is 47.7 Å². The first-order chi connectivity index (χ1) is 14.6. The SMILES string of the molecule is CCOc1ccc(CNC(=O)CCNS(=O)(=O)c2ccc(C(C)(C)C)cc2)cc1OC. The Balaban J connectivity index is 1.85. The van der Waals surface area contributed by atoms with Crippen molar-refractivity contribution in [1.82, 2.24) is 10.0 Å². The van der Waals surface area contributed by atoms with Crippen LogP contribution in [0, 0.1) is 0 Å². The largest absolute Gasteiger partial charge is 0.493 e. The van der Waals surface area contributed by atoms with Crippen LogP contribution in [0.2, 0.25) is 0 Å². The molecule has 2 N–H and O–H groups in total. The first-order valence-electron chi connectivity index (χ1n) is 10.2. The summed E-state index contributed by atoms with van der Waals surface area (Å²) in [4.78, 5) is 12.3. The number of nitrogens with one attached hydrogen (secondary N) is 2. The summed E-state index contributed by atoms with van der Waals surface area (Å²) in [5, 5.41) is 2.78. The van der Waals surface area contributed by atoms with Gasteiger partial charge in [0, 0.05) is 19.5 Å². The third-order valence-corrected chi connectivity index (χ3v) is 6.17. The zero-order chi connectivity index (χ0) is 23.1. The van der Waals surface area contributed by atoms with E-state index in [0.29, 0.717) is 24.7 Å². The molecule has 0 aliphatic carbocycles. The number of hydrogen-bond donors (Lipinski definition) is 2. The molecular weight excluding hydrogens is 416 g/mol. The Bertz CT molecular complexity index is 980. The van der Waals surface area contributed by atoms with Crippen LogP contribution in [0.5, 0.6) is 11.5 Å². The normalized spacial score (nSPS) is 11.8. The highest BCUT2D eigenvalue weighted by Gasteiger charge is 2.17. The highest BCUT2D eigenvalue weighted by Crippen LogP contribution is 2.28. The van der Waals surface area contributed by atoms with Crippen LogP contribution in [0.4, 0.5) is 0 Å². The number of ether oxygens (including phenoxy) is 2. The van der Waals surface area contributed by atoms with Gasteiger partial charge in [-0.2, -0.15) is 0 Å². The van der Waals surface area contributed by atoms with Gasteiger partial charge in [0.1, 0.15) is 0 Å². The molecule has 2 aromatic rings. The van der Waals surface area contributed by atoms with Gasteiger partial charge in [-0.25, -0.2) is 13.1 Å². The van der Waals surface area contributed by atoms with Crippen LogP contribution in [0.15, 0.2) is 47.4 Å². The minimum Gasteiger partial charge on any atom is -0.493 e. The fraction of sp³-hybridized carbons (Fsp3) is 0.435. The van der Waals surface area contributed by atoms with Gasteiger partial charge in [0.05, 0.1) is 18.6 Å². The second-order valence-electron chi connectivity index (χ2n) is 8.12. The molecule has 1 amide bonds. The summed E-state index contributed by atoms with van der Waals surface area (Å²) in [7, 11) is -2.11. The fourth-order valence-corrected chi connectivity index (χ4v) is 3.93. The minimum absolute atomic E-state index is 0.0157. The van der Waals surface area contributed by atoms with E-state index in [9.17, 15) is 13.2 Å². The number of amides is 1. The van der Waals surface area contributed by atoms with Crippen molar-refractivity contribution < 1.29 is 22.7 Å². The molecule has 0 heterocycles. The van der Waals surface area contributed by atoms with E-state index in [0.717, 1.165) is 11.1 Å². The molecule has 0 aliphatic rings. The van der Waals surface area contributed by atoms with Crippen LogP contribution in [-0.2, 0) is 26.8 Å². The second-order valence-corrected chi connectivity index (χ2v) is 9.88. The molecule has 170 valence electrons. The lowest BCUT2D eigenvalue weighted by Crippen LogP contribution is -2.30. The Morgan fingerprint density at radius 2 is 1.71 bits per heavy atom. The average Bonchev–Trinajstić information content (AvgIpc) is 2.72. The lowest BCUT2D eigenvalue weighted by Gasteiger charge is -2.19. The van der Waals surface area contributed by atoms with Crippen molar-refractivity contribution in [3.63, 3.8) is 0 Å². The summed E-state index contributed by atoms with van der Waals surface area (Å²) in [6, 6.07) is 12.2. The Labute approximate surface area is 185 Å². The molecule has 0 aromatic heterocycles. The zero-order valence-corrected chi connectivity index (χ0v) is 19.6. The van der Waals surface area contributed by atoms with Crippen molar-refractivity contribution in [3.05, 3.63) is 53.6 Å². The van der Waals surface area contributed by atoms with Crippen molar-refractivity contribution >= 4 is 15.9 Å². The van der Waals surface area contributed by atoms with E-state index in [2.05, 4.69) is 30.8 Å². The number of benzene rings is 2. The Morgan fingerprint density at radius 1 is 1.03 bits per heavy atom. The molecule has 0 bridgehead atoms. The van der Waals surface area contributed by atoms with Crippen molar-refractivity contribution in [2.24, 2.45) is 0 Å². The fourth-order valence-electron chi connectivity index (χ4n) is 2.90. The van der Waals surface area contributed by atoms with Crippen molar-refractivity contribution in [1.29, 1.82) is 0 Å². The molecule has 0 saturated heterocycles. The predicted molar refractivity (Wildman–Crippen MR) is 121 cm³/mol. The van der Waals surface area contributed by atoms with Crippen LogP contribution in [0.1, 0.15) is 45.2 Å². The number of carbonyl (C=O) groups excluding carboxylic acids is 1. The highest BCUT2D eigenvalue weighted by atomic mass is 32.2. The van der Waals surface area contributed by atoms with Crippen molar-refractivity contribution in [2.45, 2.75) is 51.0 Å². The predicted octanol–water partition coefficient (Wildman–Crippen LogP) is 3.38. The van der Waals surface area contributed by atoms with Gasteiger partial charge in [0.2, 0.25) is 15.9 Å². The quantitative estimate of drug-likeness (QED) is 0.581. The van der Waals surface area contributed by atoms with Gasteiger partial charge < -0.3 is 14.8 Å². The van der Waals surface area contributed by atoms with Crippen molar-refractivity contribution in [2.75, 3.05) is 20.3 Å². The minimum atomic E-state index is -3.67. The van der Waals surface area contributed by atoms with E-state index in [1.54, 1.807) is 31.4 Å². The monoisotopic (exact) mass is 448 g/mol. The maximum Gasteiger partial charge on any atom is 0.240 e. The number of carbonyl (C=O) groups is 1. The molecule has 0 spiro atoms. The average molecular weight is 449 g/mol. The maximum absolute atomic E-state index is 12.4. The number of rotatable bonds is 10.